The molecular weight excluding hydrogens is 580 g/mol. The van der Waals surface area contributed by atoms with Gasteiger partial charge < -0.3 is 25.6 Å². The second-order valence-corrected chi connectivity index (χ2v) is 12.6. The monoisotopic (exact) mass is 634 g/mol. The number of benzene rings is 4. The minimum absolute atomic E-state index is 0.143. The van der Waals surface area contributed by atoms with Gasteiger partial charge in [0, 0.05) is 43.8 Å². The molecule has 0 saturated carbocycles. The van der Waals surface area contributed by atoms with Gasteiger partial charge in [0.25, 0.3) is 0 Å². The summed E-state index contributed by atoms with van der Waals surface area (Å²) in [6.45, 7) is 5.29. The molecule has 2 aliphatic heterocycles. The summed E-state index contributed by atoms with van der Waals surface area (Å²) in [6.07, 6.45) is 4.52. The zero-order valence-electron chi connectivity index (χ0n) is 28.9. The van der Waals surface area contributed by atoms with E-state index in [1.54, 1.807) is 0 Å². The highest BCUT2D eigenvalue weighted by atomic mass is 16.5. The summed E-state index contributed by atoms with van der Waals surface area (Å²) in [5.41, 5.74) is 8.00. The van der Waals surface area contributed by atoms with Crippen molar-refractivity contribution in [2.24, 2.45) is 0 Å². The standard InChI is InChI=1S/C17H20N2.C14H19NO2.C10H15N/c1-18-17-10-6-9-14-15(11-19(2)12-16(14)17)13-7-4-3-5-8-13;1-17-14(16)13(11-7-3-2-4-8-11)12-9-5-6-10-15-12;1-9(11-2)8-10-6-4-3-5-7-10/h3-10,15,18H,11-12H2,1-2H3;2-4,7-8,12-13,15H,5-6,9-10H2,1H3;3-7,9,11H,8H2,1-2H3. The van der Waals surface area contributed by atoms with Crippen molar-refractivity contribution in [1.29, 1.82) is 0 Å². The van der Waals surface area contributed by atoms with Gasteiger partial charge in [-0.05, 0) is 80.7 Å². The molecule has 0 radical (unpaired) electrons. The summed E-state index contributed by atoms with van der Waals surface area (Å²) in [6, 6.07) is 38.6. The van der Waals surface area contributed by atoms with Crippen molar-refractivity contribution < 1.29 is 9.53 Å². The molecule has 250 valence electrons. The van der Waals surface area contributed by atoms with Crippen LogP contribution in [0.5, 0.6) is 0 Å². The van der Waals surface area contributed by atoms with Crippen molar-refractivity contribution in [3.8, 4) is 0 Å². The topological polar surface area (TPSA) is 65.6 Å². The molecule has 1 fully saturated rings. The third-order valence-electron chi connectivity index (χ3n) is 9.22. The Labute approximate surface area is 282 Å². The molecule has 0 aromatic heterocycles. The van der Waals surface area contributed by atoms with Crippen molar-refractivity contribution in [1.82, 2.24) is 15.5 Å². The zero-order chi connectivity index (χ0) is 33.4. The molecule has 6 heteroatoms. The fourth-order valence-corrected chi connectivity index (χ4v) is 6.61. The van der Waals surface area contributed by atoms with E-state index in [9.17, 15) is 4.79 Å². The number of carbonyl (C=O) groups excluding carboxylic acids is 1. The number of fused-ring (bicyclic) bond motifs is 1. The van der Waals surface area contributed by atoms with Gasteiger partial charge in [-0.1, -0.05) is 110 Å². The Morgan fingerprint density at radius 2 is 1.55 bits per heavy atom. The Hall–Kier alpha value is -3.97. The van der Waals surface area contributed by atoms with Gasteiger partial charge >= 0.3 is 5.97 Å². The fourth-order valence-electron chi connectivity index (χ4n) is 6.61. The van der Waals surface area contributed by atoms with Crippen molar-refractivity contribution in [2.75, 3.05) is 46.7 Å². The van der Waals surface area contributed by atoms with E-state index >= 15 is 0 Å². The molecular formula is C41H54N4O2. The predicted octanol–water partition coefficient (Wildman–Crippen LogP) is 7.23. The number of carbonyl (C=O) groups is 1. The van der Waals surface area contributed by atoms with Crippen molar-refractivity contribution in [3.63, 3.8) is 0 Å². The van der Waals surface area contributed by atoms with Gasteiger partial charge in [-0.2, -0.15) is 0 Å². The smallest absolute Gasteiger partial charge is 0.314 e. The van der Waals surface area contributed by atoms with Crippen molar-refractivity contribution in [2.45, 2.75) is 63.1 Å². The molecule has 0 bridgehead atoms. The van der Waals surface area contributed by atoms with Gasteiger partial charge in [0.15, 0.2) is 0 Å². The first-order chi connectivity index (χ1) is 22.9. The maximum atomic E-state index is 11.9. The molecule has 2 heterocycles. The lowest BCUT2D eigenvalue weighted by Gasteiger charge is -2.33. The minimum atomic E-state index is -0.179. The van der Waals surface area contributed by atoms with Gasteiger partial charge in [0.05, 0.1) is 13.0 Å². The number of methoxy groups -OCH3 is 1. The van der Waals surface area contributed by atoms with E-state index in [0.717, 1.165) is 38.0 Å². The number of esters is 1. The molecule has 47 heavy (non-hydrogen) atoms. The molecule has 4 aromatic carbocycles. The molecule has 1 saturated heterocycles. The number of nitrogens with zero attached hydrogens (tertiary/aromatic N) is 1. The van der Waals surface area contributed by atoms with Crippen LogP contribution in [0.2, 0.25) is 0 Å². The Bertz CT molecular complexity index is 1460. The van der Waals surface area contributed by atoms with Crippen LogP contribution in [0.25, 0.3) is 0 Å². The number of hydrogen-bond acceptors (Lipinski definition) is 6. The minimum Gasteiger partial charge on any atom is -0.469 e. The van der Waals surface area contributed by atoms with Crippen LogP contribution in [0.3, 0.4) is 0 Å². The molecule has 4 unspecified atom stereocenters. The summed E-state index contributed by atoms with van der Waals surface area (Å²) in [5.74, 6) is 0.153. The van der Waals surface area contributed by atoms with E-state index in [4.69, 9.17) is 4.74 Å². The lowest BCUT2D eigenvalue weighted by molar-refractivity contribution is -0.143. The van der Waals surface area contributed by atoms with Gasteiger partial charge in [0.1, 0.15) is 0 Å². The first-order valence-electron chi connectivity index (χ1n) is 17.1. The molecule has 3 N–H and O–H groups in total. The highest BCUT2D eigenvalue weighted by Gasteiger charge is 2.31. The second-order valence-electron chi connectivity index (χ2n) is 12.6. The number of ether oxygens (including phenoxy) is 1. The van der Waals surface area contributed by atoms with Gasteiger partial charge in [-0.3, -0.25) is 4.79 Å². The van der Waals surface area contributed by atoms with Crippen molar-refractivity contribution in [3.05, 3.63) is 137 Å². The Balaban J connectivity index is 0.000000166. The number of hydrogen-bond donors (Lipinski definition) is 3. The molecule has 0 spiro atoms. The van der Waals surface area contributed by atoms with Crippen molar-refractivity contribution >= 4 is 11.7 Å². The van der Waals surface area contributed by atoms with Gasteiger partial charge in [0.2, 0.25) is 0 Å². The molecule has 0 aliphatic carbocycles. The number of anilines is 1. The average Bonchev–Trinajstić information content (AvgIpc) is 3.13. The molecule has 2 aliphatic rings. The molecule has 4 aromatic rings. The van der Waals surface area contributed by atoms with Crippen LogP contribution >= 0.6 is 0 Å². The average molecular weight is 635 g/mol. The highest BCUT2D eigenvalue weighted by Crippen LogP contribution is 2.36. The summed E-state index contributed by atoms with van der Waals surface area (Å²) in [7, 11) is 7.65. The number of piperidine rings is 1. The van der Waals surface area contributed by atoms with Crippen LogP contribution in [0.15, 0.2) is 109 Å². The fraction of sp³-hybridized carbons (Fsp3) is 0.390. The number of nitrogens with one attached hydrogen (secondary N) is 3. The van der Waals surface area contributed by atoms with Crippen LogP contribution in [0, 0.1) is 0 Å². The van der Waals surface area contributed by atoms with Crippen LogP contribution in [-0.2, 0) is 22.5 Å². The summed E-state index contributed by atoms with van der Waals surface area (Å²) >= 11 is 0. The summed E-state index contributed by atoms with van der Waals surface area (Å²) < 4.78 is 4.94. The molecule has 0 amide bonds. The summed E-state index contributed by atoms with van der Waals surface area (Å²) in [4.78, 5) is 14.4. The number of rotatable bonds is 8. The quantitative estimate of drug-likeness (QED) is 0.178. The Morgan fingerprint density at radius 1 is 0.894 bits per heavy atom. The predicted molar refractivity (Wildman–Crippen MR) is 196 cm³/mol. The van der Waals surface area contributed by atoms with E-state index in [2.05, 4.69) is 108 Å². The van der Waals surface area contributed by atoms with E-state index in [1.165, 1.54) is 47.9 Å². The first kappa shape index (κ1) is 35.9. The largest absolute Gasteiger partial charge is 0.469 e. The maximum Gasteiger partial charge on any atom is 0.314 e. The molecule has 4 atom stereocenters. The SMILES string of the molecule is CNC(C)Cc1ccccc1.CNc1cccc2c1CN(C)CC2c1ccccc1.COC(=O)C(c1ccccc1)C1CCCCN1. The van der Waals surface area contributed by atoms with E-state index in [0.29, 0.717) is 12.0 Å². The lowest BCUT2D eigenvalue weighted by Crippen LogP contribution is -2.42. The maximum absolute atomic E-state index is 11.9. The van der Waals surface area contributed by atoms with E-state index in [-0.39, 0.29) is 17.9 Å². The number of likely N-dealkylation sites (N-methyl/N-ethyl adjacent to an activating group) is 2. The second kappa shape index (κ2) is 19.0. The molecule has 6 nitrogen and oxygen atoms in total. The van der Waals surface area contributed by atoms with E-state index < -0.39 is 0 Å². The lowest BCUT2D eigenvalue weighted by atomic mass is 9.84. The Morgan fingerprint density at radius 3 is 2.15 bits per heavy atom. The third-order valence-corrected chi connectivity index (χ3v) is 9.22. The van der Waals surface area contributed by atoms with Crippen LogP contribution in [0.1, 0.15) is 65.8 Å². The zero-order valence-corrected chi connectivity index (χ0v) is 28.9. The summed E-state index contributed by atoms with van der Waals surface area (Å²) in [5, 5.41) is 9.97. The van der Waals surface area contributed by atoms with Crippen LogP contribution < -0.4 is 16.0 Å². The normalized spacial score (nSPS) is 18.6. The molecule has 6 rings (SSSR count). The van der Waals surface area contributed by atoms with Crippen LogP contribution in [0.4, 0.5) is 5.69 Å². The third kappa shape index (κ3) is 10.5. The van der Waals surface area contributed by atoms with Gasteiger partial charge in [-0.15, -0.1) is 0 Å². The highest BCUT2D eigenvalue weighted by molar-refractivity contribution is 5.79. The van der Waals surface area contributed by atoms with Crippen LogP contribution in [-0.4, -0.2) is 64.3 Å². The van der Waals surface area contributed by atoms with Gasteiger partial charge in [-0.25, -0.2) is 0 Å². The van der Waals surface area contributed by atoms with E-state index in [1.807, 2.05) is 50.5 Å². The first-order valence-corrected chi connectivity index (χ1v) is 17.1. The Kier molecular flexibility index (Phi) is 14.5.